The molecular weight excluding hydrogens is 299 g/mol. The molecule has 0 spiro atoms. The van der Waals surface area contributed by atoms with Crippen LogP contribution < -0.4 is 10.2 Å². The topological polar surface area (TPSA) is 48.5 Å². The zero-order valence-corrected chi connectivity index (χ0v) is 13.6. The smallest absolute Gasteiger partial charge is 0.255 e. The van der Waals surface area contributed by atoms with Gasteiger partial charge in [0.15, 0.2) is 0 Å². The molecule has 1 N–H and O–H groups in total. The van der Waals surface area contributed by atoms with E-state index in [1.165, 1.54) is 0 Å². The van der Waals surface area contributed by atoms with Gasteiger partial charge in [0, 0.05) is 46.0 Å². The maximum Gasteiger partial charge on any atom is 0.255 e. The number of carbonyl (C=O) groups excluding carboxylic acids is 1. The number of anilines is 1. The van der Waals surface area contributed by atoms with Crippen molar-refractivity contribution < 1.29 is 4.79 Å². The Morgan fingerprint density at radius 2 is 2.10 bits per heavy atom. The van der Waals surface area contributed by atoms with Crippen molar-refractivity contribution >= 4 is 36.5 Å². The van der Waals surface area contributed by atoms with Gasteiger partial charge < -0.3 is 15.1 Å². The van der Waals surface area contributed by atoms with E-state index in [0.29, 0.717) is 11.6 Å². The number of hydrogen-bond donors (Lipinski definition) is 1. The maximum atomic E-state index is 12.3. The van der Waals surface area contributed by atoms with E-state index in [9.17, 15) is 4.79 Å². The number of pyridine rings is 1. The summed E-state index contributed by atoms with van der Waals surface area (Å²) in [7, 11) is 3.86. The van der Waals surface area contributed by atoms with Crippen molar-refractivity contribution in [2.75, 3.05) is 38.6 Å². The Bertz CT molecular complexity index is 425. The van der Waals surface area contributed by atoms with Crippen molar-refractivity contribution in [1.82, 2.24) is 15.2 Å². The van der Waals surface area contributed by atoms with Gasteiger partial charge in [-0.25, -0.2) is 4.98 Å². The summed E-state index contributed by atoms with van der Waals surface area (Å²) in [6, 6.07) is 4.08. The Kier molecular flexibility index (Phi) is 7.86. The maximum absolute atomic E-state index is 12.3. The van der Waals surface area contributed by atoms with Gasteiger partial charge in [-0.05, 0) is 19.1 Å². The lowest BCUT2D eigenvalue weighted by atomic mass is 10.2. The van der Waals surface area contributed by atoms with Crippen LogP contribution in [0.1, 0.15) is 17.3 Å². The molecular formula is C13H22Cl2N4O. The van der Waals surface area contributed by atoms with Gasteiger partial charge in [-0.2, -0.15) is 0 Å². The first-order valence-electron chi connectivity index (χ1n) is 6.24. The van der Waals surface area contributed by atoms with Gasteiger partial charge in [0.25, 0.3) is 5.91 Å². The molecule has 0 radical (unpaired) electrons. The number of nitrogens with one attached hydrogen (secondary N) is 1. The summed E-state index contributed by atoms with van der Waals surface area (Å²) in [6.45, 7) is 4.47. The van der Waals surface area contributed by atoms with Crippen molar-refractivity contribution in [1.29, 1.82) is 0 Å². The van der Waals surface area contributed by atoms with Crippen LogP contribution in [0.5, 0.6) is 0 Å². The normalized spacial score (nSPS) is 17.8. The Morgan fingerprint density at radius 3 is 2.60 bits per heavy atom. The molecule has 1 aliphatic heterocycles. The zero-order valence-electron chi connectivity index (χ0n) is 12.0. The largest absolute Gasteiger partial charge is 0.363 e. The van der Waals surface area contributed by atoms with E-state index in [2.05, 4.69) is 17.2 Å². The van der Waals surface area contributed by atoms with Gasteiger partial charge in [0.1, 0.15) is 5.82 Å². The fraction of sp³-hybridized carbons (Fsp3) is 0.538. The molecule has 1 aromatic rings. The SMILES string of the molecule is CC1CN(C(=O)c2ccc(N(C)C)nc2)CCN1.Cl.Cl. The standard InChI is InChI=1S/C13H20N4O.2ClH/c1-10-9-17(7-6-14-10)13(18)11-4-5-12(15-8-11)16(2)3;;/h4-5,8,10,14H,6-7,9H2,1-3H3;2*1H. The zero-order chi connectivity index (χ0) is 13.1. The number of halogens is 2. The van der Waals surface area contributed by atoms with Gasteiger partial charge in [-0.3, -0.25) is 4.79 Å². The lowest BCUT2D eigenvalue weighted by Crippen LogP contribution is -2.51. The predicted molar refractivity (Wildman–Crippen MR) is 86.4 cm³/mol. The van der Waals surface area contributed by atoms with Gasteiger partial charge in [-0.1, -0.05) is 0 Å². The van der Waals surface area contributed by atoms with E-state index in [-0.39, 0.29) is 30.7 Å². The molecule has 2 rings (SSSR count). The average molecular weight is 321 g/mol. The molecule has 0 aromatic carbocycles. The highest BCUT2D eigenvalue weighted by molar-refractivity contribution is 5.94. The minimum Gasteiger partial charge on any atom is -0.363 e. The number of nitrogens with zero attached hydrogens (tertiary/aromatic N) is 3. The summed E-state index contributed by atoms with van der Waals surface area (Å²) in [6.07, 6.45) is 1.66. The highest BCUT2D eigenvalue weighted by Gasteiger charge is 2.21. The first-order valence-corrected chi connectivity index (χ1v) is 6.24. The lowest BCUT2D eigenvalue weighted by Gasteiger charge is -2.31. The van der Waals surface area contributed by atoms with E-state index in [4.69, 9.17) is 0 Å². The van der Waals surface area contributed by atoms with Crippen LogP contribution in [0.15, 0.2) is 18.3 Å². The molecule has 1 atom stereocenters. The summed E-state index contributed by atoms with van der Waals surface area (Å²) in [5.41, 5.74) is 0.662. The molecule has 1 amide bonds. The summed E-state index contributed by atoms with van der Waals surface area (Å²) in [4.78, 5) is 20.3. The van der Waals surface area contributed by atoms with Gasteiger partial charge in [-0.15, -0.1) is 24.8 Å². The molecule has 20 heavy (non-hydrogen) atoms. The summed E-state index contributed by atoms with van der Waals surface area (Å²) < 4.78 is 0. The van der Waals surface area contributed by atoms with Gasteiger partial charge in [0.05, 0.1) is 5.56 Å². The lowest BCUT2D eigenvalue weighted by molar-refractivity contribution is 0.0708. The molecule has 0 saturated carbocycles. The van der Waals surface area contributed by atoms with E-state index in [1.807, 2.05) is 36.0 Å². The van der Waals surface area contributed by atoms with E-state index in [1.54, 1.807) is 6.20 Å². The second-order valence-corrected chi connectivity index (χ2v) is 4.91. The van der Waals surface area contributed by atoms with Crippen LogP contribution in [0, 0.1) is 0 Å². The summed E-state index contributed by atoms with van der Waals surface area (Å²) in [5.74, 6) is 0.932. The number of hydrogen-bond acceptors (Lipinski definition) is 4. The van der Waals surface area contributed by atoms with Crippen molar-refractivity contribution in [3.05, 3.63) is 23.9 Å². The Balaban J connectivity index is 0.00000180. The van der Waals surface area contributed by atoms with Crippen LogP contribution in [0.2, 0.25) is 0 Å². The first-order chi connectivity index (χ1) is 8.58. The Hall–Kier alpha value is -1.04. The third-order valence-corrected chi connectivity index (χ3v) is 3.11. The minimum atomic E-state index is 0. The molecule has 1 unspecified atom stereocenters. The molecule has 1 aliphatic rings. The van der Waals surface area contributed by atoms with Crippen LogP contribution in [-0.4, -0.2) is 55.6 Å². The summed E-state index contributed by atoms with van der Waals surface area (Å²) in [5, 5.41) is 3.33. The third kappa shape index (κ3) is 4.51. The van der Waals surface area contributed by atoms with Gasteiger partial charge >= 0.3 is 0 Å². The highest BCUT2D eigenvalue weighted by Crippen LogP contribution is 2.11. The molecule has 5 nitrogen and oxygen atoms in total. The monoisotopic (exact) mass is 320 g/mol. The number of amides is 1. The van der Waals surface area contributed by atoms with Crippen molar-refractivity contribution in [2.45, 2.75) is 13.0 Å². The number of rotatable bonds is 2. The van der Waals surface area contributed by atoms with Crippen LogP contribution in [-0.2, 0) is 0 Å². The molecule has 7 heteroatoms. The number of aromatic nitrogens is 1. The van der Waals surface area contributed by atoms with Gasteiger partial charge in [0.2, 0.25) is 0 Å². The third-order valence-electron chi connectivity index (χ3n) is 3.11. The van der Waals surface area contributed by atoms with Crippen LogP contribution in [0.3, 0.4) is 0 Å². The molecule has 1 aromatic heterocycles. The second-order valence-electron chi connectivity index (χ2n) is 4.91. The number of piperazine rings is 1. The van der Waals surface area contributed by atoms with E-state index < -0.39 is 0 Å². The molecule has 0 aliphatic carbocycles. The van der Waals surface area contributed by atoms with Crippen molar-refractivity contribution in [2.24, 2.45) is 0 Å². The molecule has 0 bridgehead atoms. The Morgan fingerprint density at radius 1 is 1.40 bits per heavy atom. The molecule has 2 heterocycles. The minimum absolute atomic E-state index is 0. The van der Waals surface area contributed by atoms with Crippen LogP contribution in [0.4, 0.5) is 5.82 Å². The quantitative estimate of drug-likeness (QED) is 0.895. The van der Waals surface area contributed by atoms with Crippen LogP contribution in [0.25, 0.3) is 0 Å². The highest BCUT2D eigenvalue weighted by atomic mass is 35.5. The number of carbonyl (C=O) groups is 1. The second kappa shape index (κ2) is 8.29. The fourth-order valence-electron chi connectivity index (χ4n) is 2.08. The molecule has 1 fully saturated rings. The van der Waals surface area contributed by atoms with E-state index in [0.717, 1.165) is 25.5 Å². The molecule has 114 valence electrons. The van der Waals surface area contributed by atoms with E-state index >= 15 is 0 Å². The van der Waals surface area contributed by atoms with Crippen molar-refractivity contribution in [3.8, 4) is 0 Å². The van der Waals surface area contributed by atoms with Crippen molar-refractivity contribution in [3.63, 3.8) is 0 Å². The summed E-state index contributed by atoms with van der Waals surface area (Å²) >= 11 is 0. The fourth-order valence-corrected chi connectivity index (χ4v) is 2.08. The van der Waals surface area contributed by atoms with Crippen LogP contribution >= 0.6 is 24.8 Å². The average Bonchev–Trinajstić information content (AvgIpc) is 2.38. The predicted octanol–water partition coefficient (Wildman–Crippen LogP) is 1.43. The first kappa shape index (κ1) is 19.0. The molecule has 1 saturated heterocycles. The Labute approximate surface area is 132 Å².